The zero-order chi connectivity index (χ0) is 23.3. The van der Waals surface area contributed by atoms with E-state index in [4.69, 9.17) is 18.5 Å². The van der Waals surface area contributed by atoms with Crippen LogP contribution in [0.3, 0.4) is 0 Å². The molecule has 1 saturated heterocycles. The maximum atomic E-state index is 11.9. The normalized spacial score (nSPS) is 19.0. The van der Waals surface area contributed by atoms with Gasteiger partial charge in [-0.25, -0.2) is 5.09 Å². The van der Waals surface area contributed by atoms with Crippen LogP contribution in [0.2, 0.25) is 0 Å². The second kappa shape index (κ2) is 13.8. The van der Waals surface area contributed by atoms with Crippen molar-refractivity contribution >= 4 is 26.8 Å². The molecule has 10 nitrogen and oxygen atoms in total. The van der Waals surface area contributed by atoms with Crippen LogP contribution in [0.5, 0.6) is 5.75 Å². The van der Waals surface area contributed by atoms with Crippen LogP contribution >= 0.6 is 8.53 Å². The lowest BCUT2D eigenvalue weighted by Crippen LogP contribution is -2.29. The third-order valence-corrected chi connectivity index (χ3v) is 5.41. The number of imide groups is 1. The molecule has 0 aliphatic carbocycles. The van der Waals surface area contributed by atoms with Gasteiger partial charge in [0.2, 0.25) is 6.41 Å². The van der Waals surface area contributed by atoms with Gasteiger partial charge in [0.15, 0.2) is 0 Å². The predicted molar refractivity (Wildman–Crippen MR) is 118 cm³/mol. The molecule has 2 rings (SSSR count). The number of carbonyl (C=O) groups is 3. The minimum absolute atomic E-state index is 0.0404. The number of amides is 2. The van der Waals surface area contributed by atoms with Crippen molar-refractivity contribution in [3.8, 4) is 5.75 Å². The fourth-order valence-electron chi connectivity index (χ4n) is 2.76. The van der Waals surface area contributed by atoms with Crippen molar-refractivity contribution in [3.05, 3.63) is 42.6 Å². The Balaban J connectivity index is 1.84. The fraction of sp³-hybridized carbons (Fsp3) is 0.476. The summed E-state index contributed by atoms with van der Waals surface area (Å²) in [7, 11) is 0.179. The van der Waals surface area contributed by atoms with E-state index in [1.807, 2.05) is 23.5 Å². The number of ether oxygens (including phenoxy) is 2. The van der Waals surface area contributed by atoms with Gasteiger partial charge in [-0.1, -0.05) is 18.2 Å². The highest BCUT2D eigenvalue weighted by Crippen LogP contribution is 2.36. The monoisotopic (exact) mass is 467 g/mol. The zero-order valence-electron chi connectivity index (χ0n) is 18.4. The largest absolute Gasteiger partial charge is 0.462 e. The summed E-state index contributed by atoms with van der Waals surface area (Å²) in [6.07, 6.45) is 4.05. The van der Waals surface area contributed by atoms with Gasteiger partial charge in [-0.05, 0) is 38.8 Å². The summed E-state index contributed by atoms with van der Waals surface area (Å²) < 4.78 is 22.9. The van der Waals surface area contributed by atoms with Gasteiger partial charge in [-0.15, -0.1) is 0 Å². The van der Waals surface area contributed by atoms with Crippen molar-refractivity contribution in [2.24, 2.45) is 0 Å². The maximum Gasteiger partial charge on any atom is 0.320 e. The van der Waals surface area contributed by atoms with E-state index in [0.717, 1.165) is 12.8 Å². The molecule has 0 aromatic heterocycles. The van der Waals surface area contributed by atoms with Gasteiger partial charge in [-0.3, -0.25) is 19.7 Å². The lowest BCUT2D eigenvalue weighted by Gasteiger charge is -2.24. The smallest absolute Gasteiger partial charge is 0.320 e. The Morgan fingerprint density at radius 2 is 2.03 bits per heavy atom. The van der Waals surface area contributed by atoms with E-state index >= 15 is 0 Å². The Morgan fingerprint density at radius 1 is 1.28 bits per heavy atom. The molecule has 0 saturated carbocycles. The average Bonchev–Trinajstić information content (AvgIpc) is 3.23. The van der Waals surface area contributed by atoms with Crippen LogP contribution in [-0.4, -0.2) is 61.8 Å². The van der Waals surface area contributed by atoms with Gasteiger partial charge in [-0.2, -0.15) is 0 Å². The first-order chi connectivity index (χ1) is 15.4. The number of carbonyl (C=O) groups excluding carboxylic acids is 3. The standard InChI is InChI=1S/C21H30N3O7P/c1-16(2)29-21(27)13-23-32(31-17-7-5-4-6-8-17)28-14-18-9-10-20(30-18)24(3)12-11-19(26)22-15-25/h4-8,11-12,15-16,18,20,23H,9-10,13-14H2,1-3H3,(H,22,25,26)/b12-11-. The van der Waals surface area contributed by atoms with E-state index in [9.17, 15) is 14.4 Å². The minimum Gasteiger partial charge on any atom is -0.462 e. The third-order valence-electron chi connectivity index (χ3n) is 4.23. The Hall–Kier alpha value is -2.52. The Kier molecular flexibility index (Phi) is 11.1. The molecule has 2 amide bonds. The van der Waals surface area contributed by atoms with E-state index in [-0.39, 0.29) is 31.6 Å². The van der Waals surface area contributed by atoms with Crippen molar-refractivity contribution in [1.82, 2.24) is 15.3 Å². The fourth-order valence-corrected chi connectivity index (χ4v) is 3.84. The molecule has 1 aromatic carbocycles. The zero-order valence-corrected chi connectivity index (χ0v) is 19.3. The lowest BCUT2D eigenvalue weighted by molar-refractivity contribution is -0.145. The molecule has 176 valence electrons. The second-order valence-corrected chi connectivity index (χ2v) is 8.50. The molecule has 0 bridgehead atoms. The molecule has 11 heteroatoms. The second-order valence-electron chi connectivity index (χ2n) is 7.23. The first-order valence-corrected chi connectivity index (χ1v) is 11.4. The molecule has 1 aliphatic heterocycles. The van der Waals surface area contributed by atoms with Crippen molar-refractivity contribution in [3.63, 3.8) is 0 Å². The predicted octanol–water partition coefficient (Wildman–Crippen LogP) is 2.07. The molecule has 1 aromatic rings. The number of esters is 1. The molecule has 1 aliphatic rings. The van der Waals surface area contributed by atoms with Crippen LogP contribution < -0.4 is 14.9 Å². The summed E-state index contributed by atoms with van der Waals surface area (Å²) in [5.74, 6) is -0.278. The number of hydrogen-bond acceptors (Lipinski definition) is 9. The Labute approximate surface area is 189 Å². The number of rotatable bonds is 13. The summed E-state index contributed by atoms with van der Waals surface area (Å²) in [5, 5.41) is 5.01. The van der Waals surface area contributed by atoms with Gasteiger partial charge >= 0.3 is 14.5 Å². The van der Waals surface area contributed by atoms with E-state index in [2.05, 4.69) is 5.09 Å². The molecule has 3 atom stereocenters. The summed E-state index contributed by atoms with van der Waals surface area (Å²) >= 11 is 0. The highest BCUT2D eigenvalue weighted by molar-refractivity contribution is 7.45. The van der Waals surface area contributed by atoms with Crippen LogP contribution in [0, 0.1) is 0 Å². The SMILES string of the molecule is CC(C)OC(=O)CNP(OCC1CCC(N(C)/C=C\C(=O)NC=O)O1)Oc1ccccc1. The van der Waals surface area contributed by atoms with Gasteiger partial charge in [0.25, 0.3) is 5.91 Å². The number of para-hydroxylation sites is 1. The van der Waals surface area contributed by atoms with Crippen LogP contribution in [0.4, 0.5) is 0 Å². The minimum atomic E-state index is -1.60. The molecule has 32 heavy (non-hydrogen) atoms. The van der Waals surface area contributed by atoms with E-state index in [1.165, 1.54) is 6.08 Å². The molecule has 0 spiro atoms. The third kappa shape index (κ3) is 9.74. The van der Waals surface area contributed by atoms with Crippen LogP contribution in [0.25, 0.3) is 0 Å². The van der Waals surface area contributed by atoms with Crippen molar-refractivity contribution in [2.75, 3.05) is 20.2 Å². The van der Waals surface area contributed by atoms with E-state index in [1.54, 1.807) is 44.1 Å². The van der Waals surface area contributed by atoms with Crippen molar-refractivity contribution in [2.45, 2.75) is 45.1 Å². The summed E-state index contributed by atoms with van der Waals surface area (Å²) in [5.41, 5.74) is 0. The molecule has 3 unspecified atom stereocenters. The quantitative estimate of drug-likeness (QED) is 0.195. The van der Waals surface area contributed by atoms with E-state index < -0.39 is 20.4 Å². The first kappa shape index (κ1) is 25.7. The molecular formula is C21H30N3O7P. The number of nitrogens with zero attached hydrogens (tertiary/aromatic N) is 1. The molecule has 2 N–H and O–H groups in total. The number of nitrogens with one attached hydrogen (secondary N) is 2. The van der Waals surface area contributed by atoms with Gasteiger partial charge in [0.05, 0.1) is 18.8 Å². The number of hydrogen-bond donors (Lipinski definition) is 2. The Morgan fingerprint density at radius 3 is 2.72 bits per heavy atom. The van der Waals surface area contributed by atoms with Crippen molar-refractivity contribution in [1.29, 1.82) is 0 Å². The highest BCUT2D eigenvalue weighted by Gasteiger charge is 2.29. The van der Waals surface area contributed by atoms with E-state index in [0.29, 0.717) is 12.2 Å². The summed E-state index contributed by atoms with van der Waals surface area (Å²) in [6.45, 7) is 3.80. The van der Waals surface area contributed by atoms with Gasteiger partial charge < -0.3 is 23.4 Å². The number of benzene rings is 1. The van der Waals surface area contributed by atoms with Crippen molar-refractivity contribution < 1.29 is 32.9 Å². The van der Waals surface area contributed by atoms with Gasteiger partial charge in [0, 0.05) is 19.3 Å². The first-order valence-electron chi connectivity index (χ1n) is 10.3. The van der Waals surface area contributed by atoms with Crippen LogP contribution in [0.15, 0.2) is 42.6 Å². The summed E-state index contributed by atoms with van der Waals surface area (Å²) in [6, 6.07) is 9.18. The topological polar surface area (TPSA) is 115 Å². The molecule has 1 fully saturated rings. The molecule has 0 radical (unpaired) electrons. The van der Waals surface area contributed by atoms with Gasteiger partial charge in [0.1, 0.15) is 18.5 Å². The summed E-state index contributed by atoms with van der Waals surface area (Å²) in [4.78, 5) is 35.3. The van der Waals surface area contributed by atoms with Crippen LogP contribution in [-0.2, 0) is 28.4 Å². The Bertz CT molecular complexity index is 763. The molecular weight excluding hydrogens is 437 g/mol. The van der Waals surface area contributed by atoms with Crippen LogP contribution in [0.1, 0.15) is 26.7 Å². The maximum absolute atomic E-state index is 11.9. The molecule has 1 heterocycles. The lowest BCUT2D eigenvalue weighted by atomic mass is 10.2. The highest BCUT2D eigenvalue weighted by atomic mass is 31.2. The average molecular weight is 467 g/mol.